The monoisotopic (exact) mass is 102 g/mol. The van der Waals surface area contributed by atoms with Crippen molar-refractivity contribution in [1.82, 2.24) is 0 Å². The predicted molar refractivity (Wildman–Crippen MR) is 27.7 cm³/mol. The standard InChI is InChI=1S/C4H10N2O/c1-3(6)4(7)2-5/h3H,2,5-6H2,1H3/t3-/m0/s1. The van der Waals surface area contributed by atoms with E-state index in [0.717, 1.165) is 0 Å². The number of carbonyl (C=O) groups excluding carboxylic acids is 1. The lowest BCUT2D eigenvalue weighted by molar-refractivity contribution is -0.118. The maximum absolute atomic E-state index is 10.3. The summed E-state index contributed by atoms with van der Waals surface area (Å²) in [6.07, 6.45) is 0. The van der Waals surface area contributed by atoms with Crippen molar-refractivity contribution in [2.75, 3.05) is 6.54 Å². The highest BCUT2D eigenvalue weighted by Crippen LogP contribution is 1.72. The molecule has 0 heterocycles. The van der Waals surface area contributed by atoms with Crippen LogP contribution in [0.4, 0.5) is 0 Å². The second kappa shape index (κ2) is 2.71. The molecule has 0 aromatic heterocycles. The van der Waals surface area contributed by atoms with Crippen LogP contribution >= 0.6 is 0 Å². The highest BCUT2D eigenvalue weighted by molar-refractivity contribution is 5.84. The van der Waals surface area contributed by atoms with Crippen molar-refractivity contribution in [2.24, 2.45) is 11.5 Å². The van der Waals surface area contributed by atoms with E-state index in [4.69, 9.17) is 11.5 Å². The van der Waals surface area contributed by atoms with Gasteiger partial charge in [0, 0.05) is 0 Å². The first-order chi connectivity index (χ1) is 3.18. The lowest BCUT2D eigenvalue weighted by atomic mass is 10.2. The summed E-state index contributed by atoms with van der Waals surface area (Å²) >= 11 is 0. The van der Waals surface area contributed by atoms with Gasteiger partial charge in [-0.1, -0.05) is 0 Å². The molecule has 7 heavy (non-hydrogen) atoms. The summed E-state index contributed by atoms with van der Waals surface area (Å²) < 4.78 is 0. The van der Waals surface area contributed by atoms with E-state index in [-0.39, 0.29) is 12.3 Å². The number of ketones is 1. The second-order valence-electron chi connectivity index (χ2n) is 1.46. The van der Waals surface area contributed by atoms with E-state index in [1.54, 1.807) is 6.92 Å². The molecule has 0 rings (SSSR count). The summed E-state index contributed by atoms with van der Waals surface area (Å²) in [7, 11) is 0. The van der Waals surface area contributed by atoms with Crippen LogP contribution < -0.4 is 11.5 Å². The number of hydrogen-bond donors (Lipinski definition) is 2. The normalized spacial score (nSPS) is 13.6. The number of Topliss-reactive ketones (excluding diaryl/α,β-unsaturated/α-hetero) is 1. The van der Waals surface area contributed by atoms with E-state index in [0.29, 0.717) is 0 Å². The van der Waals surface area contributed by atoms with E-state index in [1.807, 2.05) is 0 Å². The van der Waals surface area contributed by atoms with Gasteiger partial charge in [0.25, 0.3) is 0 Å². The van der Waals surface area contributed by atoms with Crippen LogP contribution in [0.15, 0.2) is 0 Å². The van der Waals surface area contributed by atoms with Gasteiger partial charge in [0.1, 0.15) is 0 Å². The average molecular weight is 102 g/mol. The van der Waals surface area contributed by atoms with E-state index in [2.05, 4.69) is 0 Å². The third-order valence-electron chi connectivity index (χ3n) is 0.709. The van der Waals surface area contributed by atoms with E-state index in [9.17, 15) is 4.79 Å². The molecule has 0 unspecified atom stereocenters. The Morgan fingerprint density at radius 2 is 2.29 bits per heavy atom. The average Bonchev–Trinajstić information content (AvgIpc) is 1.65. The molecule has 0 aliphatic heterocycles. The Labute approximate surface area is 42.7 Å². The van der Waals surface area contributed by atoms with Gasteiger partial charge in [0.15, 0.2) is 5.78 Å². The highest BCUT2D eigenvalue weighted by atomic mass is 16.1. The zero-order valence-corrected chi connectivity index (χ0v) is 4.35. The fourth-order valence-corrected chi connectivity index (χ4v) is 0.186. The molecule has 0 amide bonds. The van der Waals surface area contributed by atoms with Crippen LogP contribution in [-0.4, -0.2) is 18.4 Å². The van der Waals surface area contributed by atoms with Crippen LogP contribution in [0.5, 0.6) is 0 Å². The fraction of sp³-hybridized carbons (Fsp3) is 0.750. The summed E-state index contributed by atoms with van der Waals surface area (Å²) in [5.41, 5.74) is 10.1. The molecular formula is C4H10N2O. The molecule has 0 bridgehead atoms. The smallest absolute Gasteiger partial charge is 0.162 e. The summed E-state index contributed by atoms with van der Waals surface area (Å²) in [5, 5.41) is 0. The van der Waals surface area contributed by atoms with Crippen molar-refractivity contribution in [3.63, 3.8) is 0 Å². The number of carbonyl (C=O) groups is 1. The van der Waals surface area contributed by atoms with Crippen molar-refractivity contribution in [1.29, 1.82) is 0 Å². The van der Waals surface area contributed by atoms with Gasteiger partial charge < -0.3 is 11.5 Å². The number of hydrogen-bond acceptors (Lipinski definition) is 3. The Balaban J connectivity index is 3.35. The van der Waals surface area contributed by atoms with Crippen molar-refractivity contribution < 1.29 is 4.79 Å². The third kappa shape index (κ3) is 2.31. The van der Waals surface area contributed by atoms with Gasteiger partial charge in [-0.2, -0.15) is 0 Å². The Bertz CT molecular complexity index is 70.1. The maximum atomic E-state index is 10.3. The Morgan fingerprint density at radius 1 is 1.86 bits per heavy atom. The zero-order valence-electron chi connectivity index (χ0n) is 4.35. The quantitative estimate of drug-likeness (QED) is 0.463. The first-order valence-corrected chi connectivity index (χ1v) is 2.17. The Morgan fingerprint density at radius 3 is 2.29 bits per heavy atom. The van der Waals surface area contributed by atoms with Crippen LogP contribution in [0.3, 0.4) is 0 Å². The van der Waals surface area contributed by atoms with Crippen molar-refractivity contribution in [3.8, 4) is 0 Å². The molecule has 4 N–H and O–H groups in total. The summed E-state index contributed by atoms with van der Waals surface area (Å²) in [6.45, 7) is 1.67. The van der Waals surface area contributed by atoms with Crippen molar-refractivity contribution in [2.45, 2.75) is 13.0 Å². The molecule has 0 aromatic carbocycles. The molecule has 0 saturated carbocycles. The van der Waals surface area contributed by atoms with E-state index in [1.165, 1.54) is 0 Å². The zero-order chi connectivity index (χ0) is 5.86. The molecule has 0 fully saturated rings. The molecule has 1 atom stereocenters. The van der Waals surface area contributed by atoms with Crippen molar-refractivity contribution in [3.05, 3.63) is 0 Å². The molecular weight excluding hydrogens is 92.1 g/mol. The minimum absolute atomic E-state index is 0.0532. The van der Waals surface area contributed by atoms with Gasteiger partial charge in [-0.15, -0.1) is 0 Å². The minimum atomic E-state index is -0.398. The molecule has 0 aliphatic rings. The molecule has 3 nitrogen and oxygen atoms in total. The van der Waals surface area contributed by atoms with E-state index >= 15 is 0 Å². The highest BCUT2D eigenvalue weighted by Gasteiger charge is 2.01. The van der Waals surface area contributed by atoms with Crippen LogP contribution in [0.1, 0.15) is 6.92 Å². The van der Waals surface area contributed by atoms with Gasteiger partial charge in [0.05, 0.1) is 12.6 Å². The minimum Gasteiger partial charge on any atom is -0.324 e. The van der Waals surface area contributed by atoms with Gasteiger partial charge in [-0.05, 0) is 6.92 Å². The first-order valence-electron chi connectivity index (χ1n) is 2.17. The lowest BCUT2D eigenvalue weighted by Gasteiger charge is -1.96. The Kier molecular flexibility index (Phi) is 2.55. The SMILES string of the molecule is C[C@H](N)C(=O)CN. The molecule has 42 valence electrons. The van der Waals surface area contributed by atoms with Crippen LogP contribution in [0.2, 0.25) is 0 Å². The third-order valence-corrected chi connectivity index (χ3v) is 0.709. The number of rotatable bonds is 2. The van der Waals surface area contributed by atoms with E-state index < -0.39 is 6.04 Å². The Hall–Kier alpha value is -0.410. The summed E-state index contributed by atoms with van der Waals surface area (Å²) in [6, 6.07) is -0.398. The van der Waals surface area contributed by atoms with Gasteiger partial charge in [-0.25, -0.2) is 0 Å². The van der Waals surface area contributed by atoms with Gasteiger partial charge >= 0.3 is 0 Å². The summed E-state index contributed by atoms with van der Waals surface area (Å²) in [4.78, 5) is 10.3. The number of nitrogens with two attached hydrogens (primary N) is 2. The molecule has 0 spiro atoms. The predicted octanol–water partition coefficient (Wildman–Crippen LogP) is -1.14. The van der Waals surface area contributed by atoms with Crippen LogP contribution in [-0.2, 0) is 4.79 Å². The lowest BCUT2D eigenvalue weighted by Crippen LogP contribution is -2.32. The fourth-order valence-electron chi connectivity index (χ4n) is 0.186. The summed E-state index contributed by atoms with van der Waals surface area (Å²) in [5.74, 6) is -0.0972. The topological polar surface area (TPSA) is 69.1 Å². The first kappa shape index (κ1) is 6.59. The molecule has 0 saturated heterocycles. The second-order valence-corrected chi connectivity index (χ2v) is 1.46. The molecule has 3 heteroatoms. The van der Waals surface area contributed by atoms with Gasteiger partial charge in [-0.3, -0.25) is 4.79 Å². The van der Waals surface area contributed by atoms with Crippen LogP contribution in [0, 0.1) is 0 Å². The molecule has 0 aromatic rings. The van der Waals surface area contributed by atoms with Crippen molar-refractivity contribution >= 4 is 5.78 Å². The van der Waals surface area contributed by atoms with Crippen LogP contribution in [0.25, 0.3) is 0 Å². The van der Waals surface area contributed by atoms with Gasteiger partial charge in [0.2, 0.25) is 0 Å². The largest absolute Gasteiger partial charge is 0.324 e. The maximum Gasteiger partial charge on any atom is 0.162 e. The molecule has 0 aliphatic carbocycles. The molecule has 0 radical (unpaired) electrons.